The molecule has 0 aliphatic heterocycles. The van der Waals surface area contributed by atoms with Gasteiger partial charge >= 0.3 is 5.69 Å². The molecule has 4 N–H and O–H groups in total. The van der Waals surface area contributed by atoms with Crippen molar-refractivity contribution >= 4 is 33.5 Å². The van der Waals surface area contributed by atoms with Gasteiger partial charge in [0.1, 0.15) is 11.5 Å². The summed E-state index contributed by atoms with van der Waals surface area (Å²) >= 11 is 3.44. The van der Waals surface area contributed by atoms with E-state index in [0.29, 0.717) is 34.8 Å². The van der Waals surface area contributed by atoms with Crippen molar-refractivity contribution in [1.82, 2.24) is 24.6 Å². The molecule has 0 atom stereocenters. The van der Waals surface area contributed by atoms with Gasteiger partial charge in [-0.1, -0.05) is 28.1 Å². The first-order valence-corrected chi connectivity index (χ1v) is 10.3. The summed E-state index contributed by atoms with van der Waals surface area (Å²) in [6, 6.07) is 10.3. The van der Waals surface area contributed by atoms with Gasteiger partial charge in [-0.3, -0.25) is 9.98 Å². The Labute approximate surface area is 178 Å². The normalized spacial score (nSPS) is 15.2. The van der Waals surface area contributed by atoms with Crippen molar-refractivity contribution in [3.8, 4) is 5.88 Å². The Morgan fingerprint density at radius 2 is 2.10 bits per heavy atom. The Morgan fingerprint density at radius 1 is 1.30 bits per heavy atom. The van der Waals surface area contributed by atoms with Crippen molar-refractivity contribution in [2.75, 3.05) is 5.32 Å². The number of aromatic amines is 2. The molecule has 30 heavy (non-hydrogen) atoms. The number of aromatic nitrogens is 5. The van der Waals surface area contributed by atoms with E-state index in [9.17, 15) is 9.90 Å². The largest absolute Gasteiger partial charge is 0.493 e. The third-order valence-corrected chi connectivity index (χ3v) is 5.29. The second kappa shape index (κ2) is 7.45. The van der Waals surface area contributed by atoms with E-state index < -0.39 is 5.69 Å². The summed E-state index contributed by atoms with van der Waals surface area (Å²) in [4.78, 5) is 25.7. The van der Waals surface area contributed by atoms with Crippen molar-refractivity contribution in [2.45, 2.75) is 25.4 Å². The summed E-state index contributed by atoms with van der Waals surface area (Å²) in [5, 5.41) is 18.3. The van der Waals surface area contributed by atoms with Crippen molar-refractivity contribution in [2.24, 2.45) is 4.99 Å². The lowest BCUT2D eigenvalue weighted by atomic mass is 10.2. The van der Waals surface area contributed by atoms with Crippen LogP contribution >= 0.6 is 15.9 Å². The number of nitrogens with one attached hydrogen (secondary N) is 3. The number of benzene rings is 1. The second-order valence-corrected chi connectivity index (χ2v) is 8.08. The first-order chi connectivity index (χ1) is 14.5. The number of nitrogens with zero attached hydrogens (tertiary/aromatic N) is 4. The van der Waals surface area contributed by atoms with Crippen molar-refractivity contribution in [1.29, 1.82) is 0 Å². The minimum atomic E-state index is -0.482. The molecule has 3 heterocycles. The lowest BCUT2D eigenvalue weighted by Gasteiger charge is -2.07. The molecule has 152 valence electrons. The van der Waals surface area contributed by atoms with E-state index in [1.165, 1.54) is 0 Å². The zero-order valence-electron chi connectivity index (χ0n) is 15.8. The third kappa shape index (κ3) is 3.86. The molecule has 1 aliphatic carbocycles. The SMILES string of the molecule is O=c1[nH]c(O)c(/C=c2/cnn3c(=NC4CC4)cc(NCc4ccc(Br)cc4)nc23)[nH]1. The molecule has 1 aromatic carbocycles. The number of imidazole rings is 1. The van der Waals surface area contributed by atoms with Crippen LogP contribution in [0.15, 0.2) is 50.8 Å². The second-order valence-electron chi connectivity index (χ2n) is 7.16. The van der Waals surface area contributed by atoms with Gasteiger partial charge in [-0.25, -0.2) is 9.78 Å². The zero-order chi connectivity index (χ0) is 20.7. The molecule has 0 spiro atoms. The van der Waals surface area contributed by atoms with Crippen LogP contribution in [0.4, 0.5) is 5.82 Å². The lowest BCUT2D eigenvalue weighted by Crippen LogP contribution is -2.20. The topological polar surface area (TPSA) is 123 Å². The summed E-state index contributed by atoms with van der Waals surface area (Å²) in [5.41, 5.74) is 2.20. The number of rotatable bonds is 5. The molecular weight excluding hydrogens is 450 g/mol. The van der Waals surface area contributed by atoms with Gasteiger partial charge in [0.25, 0.3) is 0 Å². The number of H-pyrrole nitrogens is 2. The van der Waals surface area contributed by atoms with Crippen molar-refractivity contribution in [3.63, 3.8) is 0 Å². The molecule has 4 aromatic rings. The molecule has 9 nitrogen and oxygen atoms in total. The predicted octanol–water partition coefficient (Wildman–Crippen LogP) is 1.44. The fourth-order valence-electron chi connectivity index (χ4n) is 3.08. The van der Waals surface area contributed by atoms with E-state index in [4.69, 9.17) is 9.98 Å². The number of halogens is 1. The van der Waals surface area contributed by atoms with Gasteiger partial charge in [0.05, 0.1) is 12.2 Å². The van der Waals surface area contributed by atoms with Crippen molar-refractivity contribution in [3.05, 3.63) is 73.4 Å². The van der Waals surface area contributed by atoms with E-state index >= 15 is 0 Å². The average molecular weight is 468 g/mol. The summed E-state index contributed by atoms with van der Waals surface area (Å²) in [6.45, 7) is 0.610. The quantitative estimate of drug-likeness (QED) is 0.353. The monoisotopic (exact) mass is 467 g/mol. The summed E-state index contributed by atoms with van der Waals surface area (Å²) in [5.74, 6) is 0.443. The Balaban J connectivity index is 1.58. The highest BCUT2D eigenvalue weighted by atomic mass is 79.9. The van der Waals surface area contributed by atoms with E-state index in [-0.39, 0.29) is 11.6 Å². The van der Waals surface area contributed by atoms with Crippen LogP contribution in [-0.4, -0.2) is 35.7 Å². The number of anilines is 1. The molecule has 3 aromatic heterocycles. The van der Waals surface area contributed by atoms with Crippen LogP contribution in [0.5, 0.6) is 5.88 Å². The molecule has 0 radical (unpaired) electrons. The highest BCUT2D eigenvalue weighted by Gasteiger charge is 2.20. The maximum absolute atomic E-state index is 11.4. The summed E-state index contributed by atoms with van der Waals surface area (Å²) in [7, 11) is 0. The predicted molar refractivity (Wildman–Crippen MR) is 115 cm³/mol. The van der Waals surface area contributed by atoms with Gasteiger partial charge in [0.15, 0.2) is 11.1 Å². The van der Waals surface area contributed by atoms with Crippen LogP contribution in [0.25, 0.3) is 11.7 Å². The van der Waals surface area contributed by atoms with E-state index in [0.717, 1.165) is 22.9 Å². The Kier molecular flexibility index (Phi) is 4.62. The Hall–Kier alpha value is -3.40. The maximum Gasteiger partial charge on any atom is 0.326 e. The third-order valence-electron chi connectivity index (χ3n) is 4.76. The van der Waals surface area contributed by atoms with E-state index in [2.05, 4.69) is 36.3 Å². The van der Waals surface area contributed by atoms with Crippen LogP contribution in [0, 0.1) is 0 Å². The fourth-order valence-corrected chi connectivity index (χ4v) is 3.35. The first kappa shape index (κ1) is 18.6. The lowest BCUT2D eigenvalue weighted by molar-refractivity contribution is 0.454. The Bertz CT molecular complexity index is 1400. The molecule has 10 heteroatoms. The standard InChI is InChI=1S/C20H18BrN7O2/c21-13-3-1-11(2-4-13)9-22-16-8-17(24-14-5-6-14)28-18(26-16)12(10-23-28)7-15-19(29)27-20(30)25-15/h1-4,7-8,10,14,22,29H,5-6,9H2,(H2,25,27,30)/b12-7-,24-17?. The van der Waals surface area contributed by atoms with Crippen LogP contribution < -0.4 is 21.7 Å². The minimum Gasteiger partial charge on any atom is -0.493 e. The molecule has 1 saturated carbocycles. The fraction of sp³-hybridized carbons (Fsp3) is 0.200. The van der Waals surface area contributed by atoms with Gasteiger partial charge in [-0.2, -0.15) is 9.61 Å². The minimum absolute atomic E-state index is 0.230. The zero-order valence-corrected chi connectivity index (χ0v) is 17.3. The number of aromatic hydroxyl groups is 1. The highest BCUT2D eigenvalue weighted by Crippen LogP contribution is 2.22. The molecule has 0 amide bonds. The van der Waals surface area contributed by atoms with Gasteiger partial charge in [0, 0.05) is 22.3 Å². The van der Waals surface area contributed by atoms with Gasteiger partial charge < -0.3 is 15.4 Å². The van der Waals surface area contributed by atoms with Crippen LogP contribution in [0.3, 0.4) is 0 Å². The summed E-state index contributed by atoms with van der Waals surface area (Å²) < 4.78 is 2.71. The molecule has 0 saturated heterocycles. The maximum atomic E-state index is 11.4. The first-order valence-electron chi connectivity index (χ1n) is 9.49. The smallest absolute Gasteiger partial charge is 0.326 e. The molecule has 0 unspecified atom stereocenters. The van der Waals surface area contributed by atoms with Crippen molar-refractivity contribution < 1.29 is 5.11 Å². The van der Waals surface area contributed by atoms with E-state index in [1.54, 1.807) is 16.8 Å². The van der Waals surface area contributed by atoms with Gasteiger partial charge in [0.2, 0.25) is 5.88 Å². The van der Waals surface area contributed by atoms with Crippen LogP contribution in [0.1, 0.15) is 24.1 Å². The van der Waals surface area contributed by atoms with Crippen LogP contribution in [0.2, 0.25) is 0 Å². The molecule has 5 rings (SSSR count). The van der Waals surface area contributed by atoms with Gasteiger partial charge in [-0.05, 0) is 36.6 Å². The average Bonchev–Trinajstić information content (AvgIpc) is 3.36. The molecule has 1 aliphatic rings. The molecule has 0 bridgehead atoms. The number of hydrogen-bond acceptors (Lipinski definition) is 6. The number of hydrogen-bond donors (Lipinski definition) is 4. The molecular formula is C20H18BrN7O2. The highest BCUT2D eigenvalue weighted by molar-refractivity contribution is 9.10. The molecule has 1 fully saturated rings. The number of fused-ring (bicyclic) bond motifs is 1. The van der Waals surface area contributed by atoms with Crippen LogP contribution in [-0.2, 0) is 6.54 Å². The van der Waals surface area contributed by atoms with E-state index in [1.807, 2.05) is 30.3 Å². The van der Waals surface area contributed by atoms with Gasteiger partial charge in [-0.15, -0.1) is 0 Å². The Morgan fingerprint density at radius 3 is 2.80 bits per heavy atom. The summed E-state index contributed by atoms with van der Waals surface area (Å²) in [6.07, 6.45) is 5.41.